The van der Waals surface area contributed by atoms with Gasteiger partial charge in [-0.25, -0.2) is 4.39 Å². The molecule has 0 saturated heterocycles. The summed E-state index contributed by atoms with van der Waals surface area (Å²) in [4.78, 5) is 3.93. The second kappa shape index (κ2) is 4.92. The molecular formula is C10H15FN2. The van der Waals surface area contributed by atoms with Crippen molar-refractivity contribution in [3.05, 3.63) is 29.8 Å². The monoisotopic (exact) mass is 182 g/mol. The second-order valence-corrected chi connectivity index (χ2v) is 3.15. The zero-order chi connectivity index (χ0) is 9.68. The van der Waals surface area contributed by atoms with Crippen LogP contribution in [0.5, 0.6) is 0 Å². The van der Waals surface area contributed by atoms with Gasteiger partial charge in [-0.15, -0.1) is 0 Å². The van der Waals surface area contributed by atoms with Crippen LogP contribution < -0.4 is 5.73 Å². The van der Waals surface area contributed by atoms with Gasteiger partial charge in [0.05, 0.1) is 11.9 Å². The number of aromatic nitrogens is 1. The van der Waals surface area contributed by atoms with Crippen molar-refractivity contribution in [2.75, 3.05) is 0 Å². The first kappa shape index (κ1) is 10.1. The Kier molecular flexibility index (Phi) is 3.83. The maximum atomic E-state index is 12.5. The van der Waals surface area contributed by atoms with Crippen LogP contribution >= 0.6 is 0 Å². The van der Waals surface area contributed by atoms with Crippen LogP contribution in [-0.2, 0) is 0 Å². The van der Waals surface area contributed by atoms with Gasteiger partial charge in [0, 0.05) is 6.04 Å². The maximum absolute atomic E-state index is 12.5. The predicted molar refractivity (Wildman–Crippen MR) is 50.6 cm³/mol. The first-order chi connectivity index (χ1) is 6.24. The Hall–Kier alpha value is -0.960. The summed E-state index contributed by atoms with van der Waals surface area (Å²) in [5, 5.41) is 0. The molecule has 1 atom stereocenters. The molecule has 0 fully saturated rings. The lowest BCUT2D eigenvalue weighted by atomic mass is 10.1. The predicted octanol–water partition coefficient (Wildman–Crippen LogP) is 2.41. The fourth-order valence-electron chi connectivity index (χ4n) is 1.18. The Morgan fingerprint density at radius 3 is 2.85 bits per heavy atom. The van der Waals surface area contributed by atoms with Gasteiger partial charge in [-0.1, -0.05) is 19.8 Å². The molecule has 0 spiro atoms. The molecule has 13 heavy (non-hydrogen) atoms. The molecule has 0 amide bonds. The van der Waals surface area contributed by atoms with E-state index in [1.807, 2.05) is 0 Å². The van der Waals surface area contributed by atoms with Gasteiger partial charge < -0.3 is 5.73 Å². The highest BCUT2D eigenvalue weighted by Gasteiger charge is 2.05. The minimum Gasteiger partial charge on any atom is -0.323 e. The first-order valence-corrected chi connectivity index (χ1v) is 4.61. The number of hydrogen-bond acceptors (Lipinski definition) is 2. The van der Waals surface area contributed by atoms with E-state index in [0.717, 1.165) is 25.0 Å². The largest absolute Gasteiger partial charge is 0.323 e. The van der Waals surface area contributed by atoms with Gasteiger partial charge in [-0.05, 0) is 18.6 Å². The zero-order valence-corrected chi connectivity index (χ0v) is 7.83. The fourth-order valence-corrected chi connectivity index (χ4v) is 1.18. The summed E-state index contributed by atoms with van der Waals surface area (Å²) < 4.78 is 12.5. The minimum absolute atomic E-state index is 0.0550. The third-order valence-electron chi connectivity index (χ3n) is 2.00. The molecule has 0 radical (unpaired) electrons. The number of rotatable bonds is 4. The van der Waals surface area contributed by atoms with Crippen molar-refractivity contribution in [2.24, 2.45) is 5.73 Å². The van der Waals surface area contributed by atoms with Gasteiger partial charge in [-0.2, -0.15) is 0 Å². The molecule has 1 aromatic heterocycles. The highest BCUT2D eigenvalue weighted by molar-refractivity contribution is 5.08. The molecule has 0 bridgehead atoms. The van der Waals surface area contributed by atoms with Gasteiger partial charge in [0.25, 0.3) is 0 Å². The van der Waals surface area contributed by atoms with Gasteiger partial charge in [0.15, 0.2) is 0 Å². The lowest BCUT2D eigenvalue weighted by Crippen LogP contribution is -2.11. The van der Waals surface area contributed by atoms with E-state index < -0.39 is 0 Å². The summed E-state index contributed by atoms with van der Waals surface area (Å²) in [6, 6.07) is 2.99. The quantitative estimate of drug-likeness (QED) is 0.776. The molecule has 1 rings (SSSR count). The molecule has 72 valence electrons. The molecule has 2 nitrogen and oxygen atoms in total. The lowest BCUT2D eigenvalue weighted by Gasteiger charge is -2.09. The average Bonchev–Trinajstić information content (AvgIpc) is 2.15. The number of nitrogens with zero attached hydrogens (tertiary/aromatic N) is 1. The second-order valence-electron chi connectivity index (χ2n) is 3.15. The van der Waals surface area contributed by atoms with Gasteiger partial charge in [0.1, 0.15) is 5.82 Å². The van der Waals surface area contributed by atoms with E-state index >= 15 is 0 Å². The van der Waals surface area contributed by atoms with Crippen molar-refractivity contribution in [3.8, 4) is 0 Å². The smallest absolute Gasteiger partial charge is 0.141 e. The topological polar surface area (TPSA) is 38.9 Å². The molecule has 0 aliphatic carbocycles. The Labute approximate surface area is 78.0 Å². The van der Waals surface area contributed by atoms with Crippen molar-refractivity contribution < 1.29 is 4.39 Å². The number of hydrogen-bond donors (Lipinski definition) is 1. The van der Waals surface area contributed by atoms with Crippen LogP contribution in [-0.4, -0.2) is 4.98 Å². The molecule has 1 heterocycles. The van der Waals surface area contributed by atoms with E-state index in [1.165, 1.54) is 12.3 Å². The number of pyridine rings is 1. The summed E-state index contributed by atoms with van der Waals surface area (Å²) in [5.41, 5.74) is 6.62. The average molecular weight is 182 g/mol. The van der Waals surface area contributed by atoms with E-state index in [-0.39, 0.29) is 11.9 Å². The Morgan fingerprint density at radius 1 is 1.54 bits per heavy atom. The van der Waals surface area contributed by atoms with Crippen molar-refractivity contribution in [1.29, 1.82) is 0 Å². The van der Waals surface area contributed by atoms with Crippen molar-refractivity contribution in [1.82, 2.24) is 4.98 Å². The first-order valence-electron chi connectivity index (χ1n) is 4.61. The highest BCUT2D eigenvalue weighted by atomic mass is 19.1. The third kappa shape index (κ3) is 3.11. The highest BCUT2D eigenvalue weighted by Crippen LogP contribution is 2.14. The zero-order valence-electron chi connectivity index (χ0n) is 7.83. The lowest BCUT2D eigenvalue weighted by molar-refractivity contribution is 0.579. The number of nitrogens with two attached hydrogens (primary N) is 1. The Bertz CT molecular complexity index is 246. The van der Waals surface area contributed by atoms with Crippen LogP contribution in [0.15, 0.2) is 18.3 Å². The molecule has 0 aliphatic rings. The van der Waals surface area contributed by atoms with Crippen LogP contribution in [0.2, 0.25) is 0 Å². The Morgan fingerprint density at radius 2 is 2.31 bits per heavy atom. The molecule has 2 N–H and O–H groups in total. The minimum atomic E-state index is -0.313. The maximum Gasteiger partial charge on any atom is 0.141 e. The standard InChI is InChI=1S/C10H15FN2/c1-2-3-4-9(12)10-6-5-8(11)7-13-10/h5-7,9H,2-4,12H2,1H3. The van der Waals surface area contributed by atoms with E-state index in [1.54, 1.807) is 6.07 Å². The summed E-state index contributed by atoms with van der Waals surface area (Å²) in [6.07, 6.45) is 4.32. The normalized spacial score (nSPS) is 12.8. The van der Waals surface area contributed by atoms with Crippen molar-refractivity contribution in [3.63, 3.8) is 0 Å². The molecule has 1 unspecified atom stereocenters. The van der Waals surface area contributed by atoms with E-state index in [2.05, 4.69) is 11.9 Å². The fraction of sp³-hybridized carbons (Fsp3) is 0.500. The van der Waals surface area contributed by atoms with E-state index in [0.29, 0.717) is 0 Å². The Balaban J connectivity index is 2.55. The van der Waals surface area contributed by atoms with Crippen molar-refractivity contribution >= 4 is 0 Å². The number of unbranched alkanes of at least 4 members (excludes halogenated alkanes) is 1. The molecule has 1 aromatic rings. The summed E-state index contributed by atoms with van der Waals surface area (Å²) in [7, 11) is 0. The molecular weight excluding hydrogens is 167 g/mol. The van der Waals surface area contributed by atoms with Crippen LogP contribution in [0.1, 0.15) is 37.9 Å². The van der Waals surface area contributed by atoms with Crippen LogP contribution in [0.3, 0.4) is 0 Å². The van der Waals surface area contributed by atoms with Gasteiger partial charge in [0.2, 0.25) is 0 Å². The molecule has 0 aliphatic heterocycles. The third-order valence-corrected chi connectivity index (χ3v) is 2.00. The van der Waals surface area contributed by atoms with E-state index in [9.17, 15) is 4.39 Å². The van der Waals surface area contributed by atoms with E-state index in [4.69, 9.17) is 5.73 Å². The van der Waals surface area contributed by atoms with Crippen LogP contribution in [0.25, 0.3) is 0 Å². The molecule has 0 saturated carbocycles. The van der Waals surface area contributed by atoms with Gasteiger partial charge in [-0.3, -0.25) is 4.98 Å². The summed E-state index contributed by atoms with van der Waals surface area (Å²) in [5.74, 6) is -0.313. The van der Waals surface area contributed by atoms with Crippen molar-refractivity contribution in [2.45, 2.75) is 32.2 Å². The van der Waals surface area contributed by atoms with Crippen LogP contribution in [0, 0.1) is 5.82 Å². The summed E-state index contributed by atoms with van der Waals surface area (Å²) in [6.45, 7) is 2.12. The van der Waals surface area contributed by atoms with Gasteiger partial charge >= 0.3 is 0 Å². The SMILES string of the molecule is CCCCC(N)c1ccc(F)cn1. The number of halogens is 1. The molecule has 3 heteroatoms. The molecule has 0 aromatic carbocycles. The van der Waals surface area contributed by atoms with Crippen LogP contribution in [0.4, 0.5) is 4.39 Å². The summed E-state index contributed by atoms with van der Waals surface area (Å²) >= 11 is 0.